The average Bonchev–Trinajstić information content (AvgIpc) is 3.06. The average molecular weight is 651 g/mol. The van der Waals surface area contributed by atoms with Crippen LogP contribution in [0.1, 0.15) is 42.4 Å². The molecule has 0 unspecified atom stereocenters. The molecule has 0 atom stereocenters. The van der Waals surface area contributed by atoms with E-state index in [1.54, 1.807) is 18.3 Å². The SMILES string of the molecule is Cc1ccc(COc2ccc(Nc3c(C#N)cnc4cc(OC5CCN(C)CC5)c(N5CCC(=CC(N)=O)CC5)cc34)cc2Cl)cc1. The van der Waals surface area contributed by atoms with Gasteiger partial charge >= 0.3 is 0 Å². The zero-order valence-corrected chi connectivity index (χ0v) is 27.5. The number of hydrogen-bond acceptors (Lipinski definition) is 8. The minimum Gasteiger partial charge on any atom is -0.488 e. The van der Waals surface area contributed by atoms with Gasteiger partial charge in [0.05, 0.1) is 27.5 Å². The minimum absolute atomic E-state index is 0.0994. The van der Waals surface area contributed by atoms with Gasteiger partial charge in [-0.05, 0) is 69.5 Å². The van der Waals surface area contributed by atoms with E-state index in [0.29, 0.717) is 52.9 Å². The predicted octanol–water partition coefficient (Wildman–Crippen LogP) is 6.88. The molecule has 0 radical (unpaired) electrons. The summed E-state index contributed by atoms with van der Waals surface area (Å²) in [5, 5.41) is 14.8. The molecule has 47 heavy (non-hydrogen) atoms. The highest BCUT2D eigenvalue weighted by Gasteiger charge is 2.25. The summed E-state index contributed by atoms with van der Waals surface area (Å²) in [4.78, 5) is 20.8. The number of piperidine rings is 2. The van der Waals surface area contributed by atoms with Crippen molar-refractivity contribution in [3.63, 3.8) is 0 Å². The van der Waals surface area contributed by atoms with Crippen LogP contribution in [0.2, 0.25) is 5.02 Å². The number of nitriles is 1. The third-order valence-electron chi connectivity index (χ3n) is 8.84. The highest BCUT2D eigenvalue weighted by molar-refractivity contribution is 6.32. The predicted molar refractivity (Wildman–Crippen MR) is 187 cm³/mol. The van der Waals surface area contributed by atoms with E-state index in [1.807, 2.05) is 30.3 Å². The van der Waals surface area contributed by atoms with Crippen LogP contribution in [0.5, 0.6) is 11.5 Å². The number of nitrogens with one attached hydrogen (secondary N) is 1. The summed E-state index contributed by atoms with van der Waals surface area (Å²) in [6, 6.07) is 20.1. The van der Waals surface area contributed by atoms with Crippen LogP contribution >= 0.6 is 11.6 Å². The third kappa shape index (κ3) is 7.79. The molecule has 242 valence electrons. The van der Waals surface area contributed by atoms with E-state index in [1.165, 1.54) is 5.56 Å². The topological polar surface area (TPSA) is 117 Å². The number of likely N-dealkylation sites (tertiary alicyclic amines) is 1. The molecule has 3 aromatic carbocycles. The van der Waals surface area contributed by atoms with E-state index in [9.17, 15) is 10.1 Å². The van der Waals surface area contributed by atoms with Gasteiger partial charge in [0.25, 0.3) is 0 Å². The lowest BCUT2D eigenvalue weighted by atomic mass is 10.0. The van der Waals surface area contributed by atoms with Gasteiger partial charge in [-0.2, -0.15) is 5.26 Å². The van der Waals surface area contributed by atoms with Crippen molar-refractivity contribution in [2.24, 2.45) is 5.73 Å². The van der Waals surface area contributed by atoms with Gasteiger partial charge in [0, 0.05) is 55.6 Å². The normalized spacial score (nSPS) is 15.7. The van der Waals surface area contributed by atoms with Crippen LogP contribution < -0.4 is 25.4 Å². The number of primary amides is 1. The zero-order chi connectivity index (χ0) is 32.9. The maximum atomic E-state index is 11.5. The largest absolute Gasteiger partial charge is 0.488 e. The standard InChI is InChI=1S/C37H39ClN6O3/c1-24-3-5-26(6-4-24)23-46-34-8-7-28(18-31(34)38)42-37-27(21-39)22-41-32-20-35(47-29-11-13-43(2)14-12-29)33(19-30(32)37)44-15-9-25(10-16-44)17-36(40)45/h3-8,17-20,22,29H,9-16,23H2,1-2H3,(H2,40,45)(H,41,42). The molecule has 3 heterocycles. The summed E-state index contributed by atoms with van der Waals surface area (Å²) >= 11 is 6.67. The zero-order valence-electron chi connectivity index (χ0n) is 26.8. The summed E-state index contributed by atoms with van der Waals surface area (Å²) in [7, 11) is 2.13. The number of halogens is 1. The van der Waals surface area contributed by atoms with E-state index >= 15 is 0 Å². The Morgan fingerprint density at radius 2 is 1.83 bits per heavy atom. The molecular weight excluding hydrogens is 612 g/mol. The smallest absolute Gasteiger partial charge is 0.241 e. The molecule has 4 aromatic rings. The number of anilines is 3. The van der Waals surface area contributed by atoms with Crippen molar-refractivity contribution < 1.29 is 14.3 Å². The number of amides is 1. The molecule has 0 aliphatic carbocycles. The number of pyridine rings is 1. The summed E-state index contributed by atoms with van der Waals surface area (Å²) in [6.07, 6.45) is 6.58. The second-order valence-corrected chi connectivity index (χ2v) is 12.8. The number of ether oxygens (including phenoxy) is 2. The van der Waals surface area contributed by atoms with Gasteiger partial charge in [0.2, 0.25) is 5.91 Å². The number of nitrogens with zero attached hydrogens (tertiary/aromatic N) is 4. The molecular formula is C37H39ClN6O3. The van der Waals surface area contributed by atoms with Crippen molar-refractivity contribution in [1.29, 1.82) is 5.26 Å². The van der Waals surface area contributed by atoms with Crippen LogP contribution in [0.15, 0.2) is 72.4 Å². The molecule has 1 aromatic heterocycles. The van der Waals surface area contributed by atoms with Crippen LogP contribution in [0, 0.1) is 18.3 Å². The maximum Gasteiger partial charge on any atom is 0.241 e. The van der Waals surface area contributed by atoms with Crippen molar-refractivity contribution >= 4 is 45.5 Å². The number of fused-ring (bicyclic) bond motifs is 1. The van der Waals surface area contributed by atoms with Crippen molar-refractivity contribution in [2.75, 3.05) is 43.4 Å². The van der Waals surface area contributed by atoms with Crippen molar-refractivity contribution in [3.05, 3.63) is 94.2 Å². The molecule has 0 saturated carbocycles. The Morgan fingerprint density at radius 3 is 2.51 bits per heavy atom. The molecule has 9 nitrogen and oxygen atoms in total. The van der Waals surface area contributed by atoms with Gasteiger partial charge in [0.15, 0.2) is 0 Å². The Hall–Kier alpha value is -4.78. The summed E-state index contributed by atoms with van der Waals surface area (Å²) in [5.41, 5.74) is 12.1. The highest BCUT2D eigenvalue weighted by atomic mass is 35.5. The first-order valence-electron chi connectivity index (χ1n) is 16.0. The fourth-order valence-corrected chi connectivity index (χ4v) is 6.35. The lowest BCUT2D eigenvalue weighted by Crippen LogP contribution is -2.36. The highest BCUT2D eigenvalue weighted by Crippen LogP contribution is 2.40. The molecule has 3 N–H and O–H groups in total. The lowest BCUT2D eigenvalue weighted by molar-refractivity contribution is -0.113. The Labute approximate surface area is 280 Å². The van der Waals surface area contributed by atoms with Gasteiger partial charge in [-0.25, -0.2) is 0 Å². The molecule has 2 aliphatic heterocycles. The fraction of sp³-hybridized carbons (Fsp3) is 0.324. The molecule has 1 amide bonds. The molecule has 6 rings (SSSR count). The van der Waals surface area contributed by atoms with Crippen molar-refractivity contribution in [2.45, 2.75) is 45.3 Å². The van der Waals surface area contributed by atoms with Crippen LogP contribution in [0.25, 0.3) is 10.9 Å². The van der Waals surface area contributed by atoms with Crippen molar-refractivity contribution in [1.82, 2.24) is 9.88 Å². The van der Waals surface area contributed by atoms with Gasteiger partial charge < -0.3 is 30.3 Å². The first-order valence-corrected chi connectivity index (χ1v) is 16.3. The first kappa shape index (κ1) is 32.2. The lowest BCUT2D eigenvalue weighted by Gasteiger charge is -2.34. The van der Waals surface area contributed by atoms with Gasteiger partial charge in [-0.3, -0.25) is 9.78 Å². The molecule has 10 heteroatoms. The Bertz CT molecular complexity index is 1830. The quantitative estimate of drug-likeness (QED) is 0.188. The number of hydrogen-bond donors (Lipinski definition) is 2. The number of rotatable bonds is 9. The number of carbonyl (C=O) groups excluding carboxylic acids is 1. The Balaban J connectivity index is 1.31. The number of benzene rings is 3. The number of carbonyl (C=O) groups is 1. The van der Waals surface area contributed by atoms with Gasteiger partial charge in [0.1, 0.15) is 30.3 Å². The van der Waals surface area contributed by atoms with Crippen molar-refractivity contribution in [3.8, 4) is 17.6 Å². The van der Waals surface area contributed by atoms with E-state index in [0.717, 1.165) is 66.7 Å². The van der Waals surface area contributed by atoms with Crippen LogP contribution in [0.3, 0.4) is 0 Å². The van der Waals surface area contributed by atoms with E-state index in [4.69, 9.17) is 26.8 Å². The monoisotopic (exact) mass is 650 g/mol. The third-order valence-corrected chi connectivity index (χ3v) is 9.13. The van der Waals surface area contributed by atoms with E-state index < -0.39 is 5.91 Å². The first-order chi connectivity index (χ1) is 22.7. The molecule has 0 bridgehead atoms. The van der Waals surface area contributed by atoms with E-state index in [-0.39, 0.29) is 6.10 Å². The second kappa shape index (κ2) is 14.3. The Kier molecular flexibility index (Phi) is 9.81. The molecule has 0 spiro atoms. The summed E-state index contributed by atoms with van der Waals surface area (Å²) < 4.78 is 12.7. The number of aryl methyl sites for hydroxylation is 1. The van der Waals surface area contributed by atoms with Gasteiger partial charge in [-0.15, -0.1) is 0 Å². The summed E-state index contributed by atoms with van der Waals surface area (Å²) in [6.45, 7) is 5.84. The van der Waals surface area contributed by atoms with E-state index in [2.05, 4.69) is 58.3 Å². The van der Waals surface area contributed by atoms with Crippen LogP contribution in [0.4, 0.5) is 17.1 Å². The maximum absolute atomic E-state index is 11.5. The minimum atomic E-state index is -0.415. The molecule has 2 fully saturated rings. The number of aromatic nitrogens is 1. The number of nitrogens with two attached hydrogens (primary N) is 1. The fourth-order valence-electron chi connectivity index (χ4n) is 6.12. The summed E-state index contributed by atoms with van der Waals surface area (Å²) in [5.74, 6) is 0.934. The van der Waals surface area contributed by atoms with Gasteiger partial charge in [-0.1, -0.05) is 47.0 Å². The van der Waals surface area contributed by atoms with Crippen LogP contribution in [-0.2, 0) is 11.4 Å². The Morgan fingerprint density at radius 1 is 1.09 bits per heavy atom. The molecule has 2 aliphatic rings. The van der Waals surface area contributed by atoms with Crippen LogP contribution in [-0.4, -0.2) is 55.1 Å². The molecule has 2 saturated heterocycles. The second-order valence-electron chi connectivity index (χ2n) is 12.4.